The van der Waals surface area contributed by atoms with Crippen LogP contribution in [0.1, 0.15) is 11.1 Å². The molecule has 0 saturated heterocycles. The molecule has 0 aromatic heterocycles. The van der Waals surface area contributed by atoms with Crippen molar-refractivity contribution in [2.45, 2.75) is 0 Å². The number of benzene rings is 2. The van der Waals surface area contributed by atoms with Crippen LogP contribution in [-0.4, -0.2) is 6.79 Å². The highest BCUT2D eigenvalue weighted by Crippen LogP contribution is 2.32. The van der Waals surface area contributed by atoms with E-state index in [-0.39, 0.29) is 12.5 Å². The Morgan fingerprint density at radius 2 is 1.63 bits per heavy atom. The zero-order chi connectivity index (χ0) is 13.2. The Hall–Kier alpha value is -2.49. The molecular weight excluding hydrogens is 245 g/mol. The van der Waals surface area contributed by atoms with E-state index in [1.54, 1.807) is 12.1 Å². The standard InChI is InChI=1S/C15H12FNO2/c16-12-7-10(3-5-13(12)17)1-2-11-4-6-14-15(8-11)19-9-18-14/h1-8H,9,17H2. The van der Waals surface area contributed by atoms with E-state index in [0.717, 1.165) is 22.6 Å². The lowest BCUT2D eigenvalue weighted by atomic mass is 10.1. The van der Waals surface area contributed by atoms with Crippen molar-refractivity contribution in [2.75, 3.05) is 12.5 Å². The molecule has 1 aliphatic heterocycles. The summed E-state index contributed by atoms with van der Waals surface area (Å²) in [5.41, 5.74) is 7.29. The Bertz CT molecular complexity index is 653. The number of fused-ring (bicyclic) bond motifs is 1. The lowest BCUT2D eigenvalue weighted by Crippen LogP contribution is -1.92. The molecule has 4 heteroatoms. The summed E-state index contributed by atoms with van der Waals surface area (Å²) in [6.07, 6.45) is 3.70. The molecule has 96 valence electrons. The van der Waals surface area contributed by atoms with Crippen LogP contribution in [0, 0.1) is 5.82 Å². The van der Waals surface area contributed by atoms with Gasteiger partial charge in [-0.3, -0.25) is 0 Å². The van der Waals surface area contributed by atoms with Crippen LogP contribution in [0.3, 0.4) is 0 Å². The Kier molecular flexibility index (Phi) is 2.83. The molecule has 0 fully saturated rings. The highest BCUT2D eigenvalue weighted by molar-refractivity contribution is 5.71. The van der Waals surface area contributed by atoms with Gasteiger partial charge in [-0.25, -0.2) is 4.39 Å². The summed E-state index contributed by atoms with van der Waals surface area (Å²) in [6.45, 7) is 0.256. The molecule has 0 atom stereocenters. The van der Waals surface area contributed by atoms with Crippen LogP contribution < -0.4 is 15.2 Å². The third-order valence-corrected chi connectivity index (χ3v) is 2.89. The molecule has 0 radical (unpaired) electrons. The predicted octanol–water partition coefficient (Wildman–Crippen LogP) is 3.31. The van der Waals surface area contributed by atoms with Crippen LogP contribution in [0.2, 0.25) is 0 Å². The Morgan fingerprint density at radius 3 is 2.42 bits per heavy atom. The maximum Gasteiger partial charge on any atom is 0.231 e. The molecule has 2 aromatic rings. The first-order valence-electron chi connectivity index (χ1n) is 5.85. The first-order valence-corrected chi connectivity index (χ1v) is 5.85. The van der Waals surface area contributed by atoms with Crippen molar-refractivity contribution in [3.05, 3.63) is 53.3 Å². The number of anilines is 1. The van der Waals surface area contributed by atoms with Crippen molar-refractivity contribution in [2.24, 2.45) is 0 Å². The van der Waals surface area contributed by atoms with Gasteiger partial charge in [-0.2, -0.15) is 0 Å². The van der Waals surface area contributed by atoms with Crippen molar-refractivity contribution < 1.29 is 13.9 Å². The van der Waals surface area contributed by atoms with E-state index in [9.17, 15) is 4.39 Å². The average molecular weight is 257 g/mol. The summed E-state index contributed by atoms with van der Waals surface area (Å²) < 4.78 is 23.8. The summed E-state index contributed by atoms with van der Waals surface area (Å²) in [7, 11) is 0. The van der Waals surface area contributed by atoms with Crippen LogP contribution in [-0.2, 0) is 0 Å². The number of hydrogen-bond acceptors (Lipinski definition) is 3. The predicted molar refractivity (Wildman–Crippen MR) is 72.3 cm³/mol. The van der Waals surface area contributed by atoms with Crippen LogP contribution in [0.4, 0.5) is 10.1 Å². The third kappa shape index (κ3) is 2.38. The largest absolute Gasteiger partial charge is 0.454 e. The minimum Gasteiger partial charge on any atom is -0.454 e. The van der Waals surface area contributed by atoms with Crippen molar-refractivity contribution in [1.29, 1.82) is 0 Å². The van der Waals surface area contributed by atoms with E-state index in [2.05, 4.69) is 0 Å². The number of rotatable bonds is 2. The molecule has 0 bridgehead atoms. The first-order chi connectivity index (χ1) is 9.22. The topological polar surface area (TPSA) is 44.5 Å². The maximum absolute atomic E-state index is 13.3. The fourth-order valence-corrected chi connectivity index (χ4v) is 1.86. The van der Waals surface area contributed by atoms with Gasteiger partial charge in [-0.05, 0) is 35.4 Å². The molecule has 2 aromatic carbocycles. The van der Waals surface area contributed by atoms with Crippen molar-refractivity contribution in [1.82, 2.24) is 0 Å². The second-order valence-electron chi connectivity index (χ2n) is 4.23. The van der Waals surface area contributed by atoms with Gasteiger partial charge in [0.15, 0.2) is 11.5 Å². The Balaban J connectivity index is 1.84. The van der Waals surface area contributed by atoms with E-state index < -0.39 is 5.82 Å². The molecule has 0 amide bonds. The van der Waals surface area contributed by atoms with Crippen LogP contribution in [0.25, 0.3) is 12.2 Å². The lowest BCUT2D eigenvalue weighted by Gasteiger charge is -1.99. The van der Waals surface area contributed by atoms with Gasteiger partial charge in [0.1, 0.15) is 5.82 Å². The van der Waals surface area contributed by atoms with E-state index >= 15 is 0 Å². The molecule has 19 heavy (non-hydrogen) atoms. The number of ether oxygens (including phenoxy) is 2. The molecular formula is C15H12FNO2. The fraction of sp³-hybridized carbons (Fsp3) is 0.0667. The summed E-state index contributed by atoms with van der Waals surface area (Å²) in [4.78, 5) is 0. The summed E-state index contributed by atoms with van der Waals surface area (Å²) >= 11 is 0. The molecule has 0 unspecified atom stereocenters. The SMILES string of the molecule is Nc1ccc(C=Cc2ccc3c(c2)OCO3)cc1F. The zero-order valence-electron chi connectivity index (χ0n) is 10.1. The van der Waals surface area contributed by atoms with E-state index in [4.69, 9.17) is 15.2 Å². The molecule has 3 rings (SSSR count). The number of nitrogens with two attached hydrogens (primary N) is 1. The van der Waals surface area contributed by atoms with E-state index in [1.807, 2.05) is 30.4 Å². The third-order valence-electron chi connectivity index (χ3n) is 2.89. The Labute approximate surface area is 110 Å². The Morgan fingerprint density at radius 1 is 0.947 bits per heavy atom. The molecule has 0 spiro atoms. The van der Waals surface area contributed by atoms with Crippen molar-refractivity contribution in [3.63, 3.8) is 0 Å². The van der Waals surface area contributed by atoms with Gasteiger partial charge in [0.2, 0.25) is 6.79 Å². The quantitative estimate of drug-likeness (QED) is 0.663. The number of halogens is 1. The highest BCUT2D eigenvalue weighted by Gasteiger charge is 2.12. The molecule has 0 aliphatic carbocycles. The lowest BCUT2D eigenvalue weighted by molar-refractivity contribution is 0.174. The van der Waals surface area contributed by atoms with Crippen molar-refractivity contribution in [3.8, 4) is 11.5 Å². The normalized spacial score (nSPS) is 13.1. The van der Waals surface area contributed by atoms with Gasteiger partial charge in [0.05, 0.1) is 5.69 Å². The molecule has 1 aliphatic rings. The molecule has 1 heterocycles. The van der Waals surface area contributed by atoms with Gasteiger partial charge in [-0.1, -0.05) is 24.3 Å². The van der Waals surface area contributed by atoms with Gasteiger partial charge in [-0.15, -0.1) is 0 Å². The minimum absolute atomic E-state index is 0.153. The zero-order valence-corrected chi connectivity index (χ0v) is 10.1. The molecule has 3 nitrogen and oxygen atoms in total. The van der Waals surface area contributed by atoms with E-state index in [0.29, 0.717) is 0 Å². The van der Waals surface area contributed by atoms with Gasteiger partial charge in [0, 0.05) is 0 Å². The van der Waals surface area contributed by atoms with Crippen molar-refractivity contribution >= 4 is 17.8 Å². The molecule has 0 saturated carbocycles. The van der Waals surface area contributed by atoms with Crippen LogP contribution in [0.15, 0.2) is 36.4 Å². The molecule has 2 N–H and O–H groups in total. The fourth-order valence-electron chi connectivity index (χ4n) is 1.86. The van der Waals surface area contributed by atoms with Gasteiger partial charge < -0.3 is 15.2 Å². The van der Waals surface area contributed by atoms with E-state index in [1.165, 1.54) is 6.07 Å². The second-order valence-corrected chi connectivity index (χ2v) is 4.23. The van der Waals surface area contributed by atoms with Crippen LogP contribution >= 0.6 is 0 Å². The summed E-state index contributed by atoms with van der Waals surface area (Å²) in [6, 6.07) is 10.4. The number of nitrogen functional groups attached to an aromatic ring is 1. The highest BCUT2D eigenvalue weighted by atomic mass is 19.1. The van der Waals surface area contributed by atoms with Crippen LogP contribution in [0.5, 0.6) is 11.5 Å². The maximum atomic E-state index is 13.3. The van der Waals surface area contributed by atoms with Gasteiger partial charge >= 0.3 is 0 Å². The average Bonchev–Trinajstić information content (AvgIpc) is 2.87. The van der Waals surface area contributed by atoms with Gasteiger partial charge in [0.25, 0.3) is 0 Å². The number of hydrogen-bond donors (Lipinski definition) is 1. The monoisotopic (exact) mass is 257 g/mol. The second kappa shape index (κ2) is 4.65. The first kappa shape index (κ1) is 11.6. The summed E-state index contributed by atoms with van der Waals surface area (Å²) in [5, 5.41) is 0. The summed E-state index contributed by atoms with van der Waals surface area (Å²) in [5.74, 6) is 1.06. The smallest absolute Gasteiger partial charge is 0.231 e. The minimum atomic E-state index is -0.409.